The monoisotopic (exact) mass is 272 g/mol. The largest absolute Gasteiger partial charge is 0.390 e. The molecule has 0 saturated carbocycles. The molecule has 19 heavy (non-hydrogen) atoms. The normalized spacial score (nSPS) is 29.9. The molecular weight excluding hydrogens is 252 g/mol. The summed E-state index contributed by atoms with van der Waals surface area (Å²) in [6.45, 7) is 5.27. The molecule has 7 heteroatoms. The molecule has 0 aromatic heterocycles. The lowest BCUT2D eigenvalue weighted by Crippen LogP contribution is -2.47. The van der Waals surface area contributed by atoms with E-state index in [-0.39, 0.29) is 12.5 Å². The summed E-state index contributed by atoms with van der Waals surface area (Å²) in [5, 5.41) is 12.1. The predicted molar refractivity (Wildman–Crippen MR) is 67.2 cm³/mol. The lowest BCUT2D eigenvalue weighted by molar-refractivity contribution is -0.116. The molecule has 0 aromatic rings. The van der Waals surface area contributed by atoms with Crippen molar-refractivity contribution in [1.29, 1.82) is 0 Å². The Morgan fingerprint density at radius 2 is 2.21 bits per heavy atom. The van der Waals surface area contributed by atoms with Crippen molar-refractivity contribution in [2.75, 3.05) is 20.8 Å². The van der Waals surface area contributed by atoms with Gasteiger partial charge in [0.1, 0.15) is 12.3 Å². The average molecular weight is 272 g/mol. The van der Waals surface area contributed by atoms with Gasteiger partial charge < -0.3 is 19.5 Å². The van der Waals surface area contributed by atoms with E-state index in [0.717, 1.165) is 6.08 Å². The number of methoxy groups -OCH3 is 1. The fourth-order valence-electron chi connectivity index (χ4n) is 2.00. The molecular formula is C12H20N2O5. The van der Waals surface area contributed by atoms with Crippen LogP contribution in [0.15, 0.2) is 12.7 Å². The Balaban J connectivity index is 2.66. The van der Waals surface area contributed by atoms with Crippen LogP contribution in [-0.2, 0) is 14.3 Å². The number of hydrogen-bond donors (Lipinski definition) is 2. The molecule has 1 aliphatic heterocycles. The zero-order valence-electron chi connectivity index (χ0n) is 11.3. The van der Waals surface area contributed by atoms with Gasteiger partial charge >= 0.3 is 6.03 Å². The maximum absolute atomic E-state index is 11.8. The van der Waals surface area contributed by atoms with Gasteiger partial charge in [-0.1, -0.05) is 13.5 Å². The van der Waals surface area contributed by atoms with Crippen molar-refractivity contribution in [3.8, 4) is 0 Å². The second-order valence-corrected chi connectivity index (χ2v) is 4.48. The van der Waals surface area contributed by atoms with Gasteiger partial charge in [-0.25, -0.2) is 4.79 Å². The lowest BCUT2D eigenvalue weighted by Gasteiger charge is -2.26. The van der Waals surface area contributed by atoms with Gasteiger partial charge in [-0.3, -0.25) is 10.1 Å². The number of hydrogen-bond acceptors (Lipinski definition) is 5. The maximum atomic E-state index is 11.8. The minimum Gasteiger partial charge on any atom is -0.390 e. The molecule has 1 aliphatic rings. The minimum absolute atomic E-state index is 0.239. The third-order valence-electron chi connectivity index (χ3n) is 3.13. The van der Waals surface area contributed by atoms with Gasteiger partial charge in [0.25, 0.3) is 5.91 Å². The Morgan fingerprint density at radius 1 is 1.58 bits per heavy atom. The summed E-state index contributed by atoms with van der Waals surface area (Å²) in [5.74, 6) is -0.869. The zero-order valence-corrected chi connectivity index (χ0v) is 11.3. The zero-order chi connectivity index (χ0) is 14.6. The van der Waals surface area contributed by atoms with Crippen LogP contribution in [0.5, 0.6) is 0 Å². The van der Waals surface area contributed by atoms with Gasteiger partial charge in [0, 0.05) is 20.1 Å². The number of carbonyl (C=O) groups is 2. The van der Waals surface area contributed by atoms with Crippen LogP contribution in [0.3, 0.4) is 0 Å². The molecule has 0 radical (unpaired) electrons. The maximum Gasteiger partial charge on any atom is 0.326 e. The van der Waals surface area contributed by atoms with E-state index in [1.54, 1.807) is 6.92 Å². The number of imide groups is 1. The fraction of sp³-hybridized carbons (Fsp3) is 0.667. The van der Waals surface area contributed by atoms with Gasteiger partial charge in [-0.05, 0) is 6.08 Å². The number of aliphatic hydroxyl groups excluding tert-OH is 1. The van der Waals surface area contributed by atoms with E-state index in [0.29, 0.717) is 0 Å². The first-order chi connectivity index (χ1) is 8.92. The van der Waals surface area contributed by atoms with E-state index >= 15 is 0 Å². The highest BCUT2D eigenvalue weighted by Gasteiger charge is 2.44. The molecule has 0 aliphatic carbocycles. The first-order valence-electron chi connectivity index (χ1n) is 5.95. The van der Waals surface area contributed by atoms with E-state index < -0.39 is 30.4 Å². The molecule has 4 atom stereocenters. The predicted octanol–water partition coefficient (Wildman–Crippen LogP) is -0.291. The van der Waals surface area contributed by atoms with Crippen molar-refractivity contribution in [3.05, 3.63) is 12.7 Å². The second kappa shape index (κ2) is 6.65. The number of nitrogens with zero attached hydrogens (tertiary/aromatic N) is 1. The number of amides is 3. The van der Waals surface area contributed by atoms with Gasteiger partial charge in [-0.15, -0.1) is 0 Å². The summed E-state index contributed by atoms with van der Waals surface area (Å²) in [5.41, 5.74) is 0. The Labute approximate surface area is 112 Å². The number of ether oxygens (including phenoxy) is 2. The van der Waals surface area contributed by atoms with E-state index in [1.165, 1.54) is 19.1 Å². The van der Waals surface area contributed by atoms with E-state index in [4.69, 9.17) is 9.47 Å². The summed E-state index contributed by atoms with van der Waals surface area (Å²) in [6, 6.07) is -0.605. The van der Waals surface area contributed by atoms with Crippen molar-refractivity contribution < 1.29 is 24.2 Å². The molecule has 2 N–H and O–H groups in total. The van der Waals surface area contributed by atoms with E-state index in [2.05, 4.69) is 11.9 Å². The Bertz CT molecular complexity index is 360. The standard InChI is InChI=1S/C12H20N2O5/c1-5-9(15)13-12(17)14(3)11-7(2)10(16)8(19-11)6-18-4/h5,7-8,10-11,16H,1,6H2,2-4H3,(H,13,15,17)/t7-,8?,10+,11?/m1/s1. The fourth-order valence-corrected chi connectivity index (χ4v) is 2.00. The van der Waals surface area contributed by atoms with Crippen LogP contribution in [-0.4, -0.2) is 61.1 Å². The topological polar surface area (TPSA) is 88.1 Å². The third kappa shape index (κ3) is 3.52. The highest BCUT2D eigenvalue weighted by molar-refractivity contribution is 5.99. The quantitative estimate of drug-likeness (QED) is 0.687. The first-order valence-corrected chi connectivity index (χ1v) is 5.95. The van der Waals surface area contributed by atoms with Gasteiger partial charge in [0.05, 0.1) is 12.7 Å². The van der Waals surface area contributed by atoms with Crippen molar-refractivity contribution in [3.63, 3.8) is 0 Å². The Morgan fingerprint density at radius 3 is 2.74 bits per heavy atom. The number of carbonyl (C=O) groups excluding carboxylic acids is 2. The summed E-state index contributed by atoms with van der Waals surface area (Å²) < 4.78 is 10.5. The summed E-state index contributed by atoms with van der Waals surface area (Å²) in [7, 11) is 3.00. The number of nitrogens with one attached hydrogen (secondary N) is 1. The molecule has 2 unspecified atom stereocenters. The SMILES string of the molecule is C=CC(=O)NC(=O)N(C)C1OC(COC)[C@@H](O)[C@H]1C. The van der Waals surface area contributed by atoms with Crippen molar-refractivity contribution >= 4 is 11.9 Å². The summed E-state index contributed by atoms with van der Waals surface area (Å²) in [6.07, 6.45) is -0.828. The van der Waals surface area contributed by atoms with Crippen LogP contribution < -0.4 is 5.32 Å². The van der Waals surface area contributed by atoms with Gasteiger partial charge in [-0.2, -0.15) is 0 Å². The molecule has 0 bridgehead atoms. The molecule has 108 valence electrons. The van der Waals surface area contributed by atoms with Crippen molar-refractivity contribution in [1.82, 2.24) is 10.2 Å². The molecule has 3 amide bonds. The van der Waals surface area contributed by atoms with E-state index in [1.807, 2.05) is 0 Å². The van der Waals surface area contributed by atoms with Crippen LogP contribution >= 0.6 is 0 Å². The Hall–Kier alpha value is -1.44. The van der Waals surface area contributed by atoms with Crippen LogP contribution in [0, 0.1) is 5.92 Å². The average Bonchev–Trinajstić information content (AvgIpc) is 2.66. The summed E-state index contributed by atoms with van der Waals surface area (Å²) in [4.78, 5) is 24.1. The van der Waals surface area contributed by atoms with Gasteiger partial charge in [0.15, 0.2) is 0 Å². The molecule has 0 spiro atoms. The van der Waals surface area contributed by atoms with Crippen molar-refractivity contribution in [2.24, 2.45) is 5.92 Å². The smallest absolute Gasteiger partial charge is 0.326 e. The van der Waals surface area contributed by atoms with Crippen LogP contribution in [0.25, 0.3) is 0 Å². The number of aliphatic hydroxyl groups is 1. The van der Waals surface area contributed by atoms with Crippen LogP contribution in [0.4, 0.5) is 4.79 Å². The van der Waals surface area contributed by atoms with Gasteiger partial charge in [0.2, 0.25) is 0 Å². The second-order valence-electron chi connectivity index (χ2n) is 4.48. The molecule has 1 rings (SSSR count). The lowest BCUT2D eigenvalue weighted by atomic mass is 10.0. The third-order valence-corrected chi connectivity index (χ3v) is 3.13. The van der Waals surface area contributed by atoms with E-state index in [9.17, 15) is 14.7 Å². The highest BCUT2D eigenvalue weighted by Crippen LogP contribution is 2.28. The molecule has 1 heterocycles. The molecule has 1 fully saturated rings. The number of urea groups is 1. The molecule has 1 saturated heterocycles. The molecule has 0 aromatic carbocycles. The molecule has 7 nitrogen and oxygen atoms in total. The first kappa shape index (κ1) is 15.6. The van der Waals surface area contributed by atoms with Crippen LogP contribution in [0.2, 0.25) is 0 Å². The van der Waals surface area contributed by atoms with Crippen LogP contribution in [0.1, 0.15) is 6.92 Å². The summed E-state index contributed by atoms with van der Waals surface area (Å²) >= 11 is 0. The highest BCUT2D eigenvalue weighted by atomic mass is 16.6. The minimum atomic E-state index is -0.727. The van der Waals surface area contributed by atoms with Crippen molar-refractivity contribution in [2.45, 2.75) is 25.4 Å². The number of rotatable bonds is 4. The Kier molecular flexibility index (Phi) is 5.46.